The summed E-state index contributed by atoms with van der Waals surface area (Å²) in [5, 5.41) is 9.52. The van der Waals surface area contributed by atoms with Crippen LogP contribution in [0.1, 0.15) is 12.5 Å². The summed E-state index contributed by atoms with van der Waals surface area (Å²) in [5.41, 5.74) is 1.11. The second-order valence-electron chi connectivity index (χ2n) is 5.68. The van der Waals surface area contributed by atoms with Gasteiger partial charge in [-0.15, -0.1) is 0 Å². The van der Waals surface area contributed by atoms with Crippen molar-refractivity contribution in [3.63, 3.8) is 0 Å². The van der Waals surface area contributed by atoms with Crippen LogP contribution in [-0.2, 0) is 22.0 Å². The maximum atomic E-state index is 14.4. The highest BCUT2D eigenvalue weighted by Crippen LogP contribution is 2.56. The lowest BCUT2D eigenvalue weighted by Crippen LogP contribution is -2.54. The Labute approximate surface area is 146 Å². The van der Waals surface area contributed by atoms with Gasteiger partial charge in [0.05, 0.1) is 17.7 Å². The molecule has 2 heterocycles. The topological polar surface area (TPSA) is 90.3 Å². The van der Waals surface area contributed by atoms with Crippen molar-refractivity contribution in [1.29, 1.82) is 5.26 Å². The Hall–Kier alpha value is -3.15. The number of nitrogens with zero attached hydrogens (tertiary/aromatic N) is 2. The predicted octanol–water partition coefficient (Wildman–Crippen LogP) is 2.63. The van der Waals surface area contributed by atoms with Gasteiger partial charge in [0.1, 0.15) is 11.6 Å². The summed E-state index contributed by atoms with van der Waals surface area (Å²) in [4.78, 5) is 12.6. The third-order valence-electron chi connectivity index (χ3n) is 4.37. The molecule has 0 amide bonds. The zero-order chi connectivity index (χ0) is 19.3. The fourth-order valence-corrected chi connectivity index (χ4v) is 3.30. The van der Waals surface area contributed by atoms with E-state index in [0.717, 1.165) is 0 Å². The maximum absolute atomic E-state index is 14.4. The molecular weight excluding hydrogens is 351 g/mol. The van der Waals surface area contributed by atoms with Crippen molar-refractivity contribution >= 4 is 16.9 Å². The molecule has 0 saturated carbocycles. The van der Waals surface area contributed by atoms with E-state index < -0.39 is 34.6 Å². The molecular formula is C17H14F3N3O3. The first-order chi connectivity index (χ1) is 12.2. The minimum Gasteiger partial charge on any atom is -0.465 e. The molecule has 3 rings (SSSR count). The van der Waals surface area contributed by atoms with Crippen LogP contribution in [0, 0.1) is 11.3 Å². The van der Waals surface area contributed by atoms with E-state index in [9.17, 15) is 23.2 Å². The summed E-state index contributed by atoms with van der Waals surface area (Å²) in [6.07, 6.45) is -5.18. The van der Waals surface area contributed by atoms with E-state index in [4.69, 9.17) is 15.2 Å². The maximum Gasteiger partial charge on any atom is 0.414 e. The Morgan fingerprint density at radius 1 is 1.42 bits per heavy atom. The quantitative estimate of drug-likeness (QED) is 0.827. The zero-order valence-electron chi connectivity index (χ0n) is 13.8. The Balaban J connectivity index is 2.56. The van der Waals surface area contributed by atoms with E-state index in [2.05, 4.69) is 0 Å². The van der Waals surface area contributed by atoms with Crippen molar-refractivity contribution in [2.75, 3.05) is 6.61 Å². The second kappa shape index (κ2) is 5.69. The Morgan fingerprint density at radius 3 is 2.65 bits per heavy atom. The largest absolute Gasteiger partial charge is 0.465 e. The minimum atomic E-state index is -5.18. The van der Waals surface area contributed by atoms with Crippen LogP contribution in [0.3, 0.4) is 0 Å². The monoisotopic (exact) mass is 365 g/mol. The van der Waals surface area contributed by atoms with Gasteiger partial charge in [0.15, 0.2) is 0 Å². The Bertz CT molecular complexity index is 985. The third-order valence-corrected chi connectivity index (χ3v) is 4.37. The number of nitriles is 1. The molecule has 0 unspecified atom stereocenters. The van der Waals surface area contributed by atoms with Gasteiger partial charge in [0, 0.05) is 12.4 Å². The van der Waals surface area contributed by atoms with Gasteiger partial charge in [-0.1, -0.05) is 18.2 Å². The van der Waals surface area contributed by atoms with Gasteiger partial charge >= 0.3 is 12.1 Å². The number of halogens is 3. The zero-order valence-corrected chi connectivity index (χ0v) is 13.8. The fraction of sp³-hybridized carbons (Fsp3) is 0.294. The highest BCUT2D eigenvalue weighted by Gasteiger charge is 2.70. The van der Waals surface area contributed by atoms with Crippen LogP contribution in [0.25, 0.3) is 10.9 Å². The fourth-order valence-electron chi connectivity index (χ4n) is 3.30. The molecule has 9 heteroatoms. The molecule has 1 aliphatic rings. The molecule has 0 spiro atoms. The Kier molecular flexibility index (Phi) is 3.87. The molecule has 26 heavy (non-hydrogen) atoms. The molecule has 2 N–H and O–H groups in total. The molecule has 1 atom stereocenters. The van der Waals surface area contributed by atoms with Crippen molar-refractivity contribution in [2.24, 2.45) is 12.8 Å². The van der Waals surface area contributed by atoms with Crippen molar-refractivity contribution in [3.05, 3.63) is 41.3 Å². The van der Waals surface area contributed by atoms with Crippen molar-refractivity contribution in [1.82, 2.24) is 4.57 Å². The molecule has 1 aromatic carbocycles. The highest BCUT2D eigenvalue weighted by molar-refractivity contribution is 6.00. The molecule has 0 radical (unpaired) electrons. The van der Waals surface area contributed by atoms with Crippen LogP contribution in [0.2, 0.25) is 0 Å². The molecule has 0 fully saturated rings. The number of carbonyl (C=O) groups excluding carboxylic acids is 1. The van der Waals surface area contributed by atoms with Gasteiger partial charge in [-0.3, -0.25) is 4.79 Å². The summed E-state index contributed by atoms with van der Waals surface area (Å²) in [6, 6.07) is 7.57. The predicted molar refractivity (Wildman–Crippen MR) is 84.7 cm³/mol. The molecule has 1 aliphatic heterocycles. The number of hydrogen-bond acceptors (Lipinski definition) is 5. The molecule has 6 nitrogen and oxygen atoms in total. The highest BCUT2D eigenvalue weighted by atomic mass is 19.4. The second-order valence-corrected chi connectivity index (χ2v) is 5.68. The first-order valence-corrected chi connectivity index (χ1v) is 7.61. The van der Waals surface area contributed by atoms with Gasteiger partial charge in [0.25, 0.3) is 0 Å². The molecule has 1 aromatic heterocycles. The summed E-state index contributed by atoms with van der Waals surface area (Å²) < 4.78 is 54.6. The lowest BCUT2D eigenvalue weighted by atomic mass is 9.72. The lowest BCUT2D eigenvalue weighted by Gasteiger charge is -2.36. The number of aryl methyl sites for hydroxylation is 1. The van der Waals surface area contributed by atoms with Gasteiger partial charge in [-0.2, -0.15) is 18.4 Å². The van der Waals surface area contributed by atoms with Gasteiger partial charge in [0.2, 0.25) is 17.2 Å². The van der Waals surface area contributed by atoms with Crippen molar-refractivity contribution in [2.45, 2.75) is 18.5 Å². The van der Waals surface area contributed by atoms with E-state index >= 15 is 0 Å². The van der Waals surface area contributed by atoms with Crippen LogP contribution in [0.4, 0.5) is 13.2 Å². The van der Waals surface area contributed by atoms with Gasteiger partial charge < -0.3 is 19.8 Å². The summed E-state index contributed by atoms with van der Waals surface area (Å²) in [5.74, 6) is -2.66. The number of rotatable bonds is 2. The van der Waals surface area contributed by atoms with Crippen molar-refractivity contribution < 1.29 is 27.4 Å². The van der Waals surface area contributed by atoms with Crippen LogP contribution in [0.15, 0.2) is 35.7 Å². The number of esters is 1. The van der Waals surface area contributed by atoms with Crippen molar-refractivity contribution in [3.8, 4) is 11.9 Å². The standard InChI is InChI=1S/C17H14F3N3O3/c1-3-25-15(24)16(17(18,19)20)10(8-21)13(22)26-14-12(16)9-6-4-5-7-11(9)23(14)2/h4-7H,3,22H2,1-2H3/t16-/m1/s1. The van der Waals surface area contributed by atoms with E-state index in [1.165, 1.54) is 36.7 Å². The van der Waals surface area contributed by atoms with E-state index in [1.54, 1.807) is 12.1 Å². The summed E-state index contributed by atoms with van der Waals surface area (Å²) >= 11 is 0. The van der Waals surface area contributed by atoms with E-state index in [0.29, 0.717) is 5.52 Å². The van der Waals surface area contributed by atoms with Crippen LogP contribution in [-0.4, -0.2) is 23.3 Å². The average Bonchev–Trinajstić information content (AvgIpc) is 2.85. The van der Waals surface area contributed by atoms with Crippen LogP contribution in [0.5, 0.6) is 5.88 Å². The average molecular weight is 365 g/mol. The smallest absolute Gasteiger partial charge is 0.414 e. The number of hydrogen-bond donors (Lipinski definition) is 1. The number of fused-ring (bicyclic) bond motifs is 3. The molecule has 0 aliphatic carbocycles. The third kappa shape index (κ3) is 2.02. The first-order valence-electron chi connectivity index (χ1n) is 7.61. The molecule has 136 valence electrons. The number of carbonyl (C=O) groups is 1. The number of aromatic nitrogens is 1. The molecule has 2 aromatic rings. The minimum absolute atomic E-state index is 0.121. The van der Waals surface area contributed by atoms with Gasteiger partial charge in [-0.05, 0) is 13.0 Å². The molecule has 0 saturated heterocycles. The first kappa shape index (κ1) is 17.7. The Morgan fingerprint density at radius 2 is 2.08 bits per heavy atom. The SMILES string of the molecule is CCOC(=O)[C@@]1(C(F)(F)F)C(C#N)=C(N)Oc2c1c1ccccc1n2C. The number of para-hydroxylation sites is 1. The normalized spacial score (nSPS) is 19.7. The van der Waals surface area contributed by atoms with E-state index in [-0.39, 0.29) is 17.9 Å². The van der Waals surface area contributed by atoms with Crippen LogP contribution < -0.4 is 10.5 Å². The van der Waals surface area contributed by atoms with Gasteiger partial charge in [-0.25, -0.2) is 0 Å². The number of ether oxygens (including phenoxy) is 2. The molecule has 0 bridgehead atoms. The summed E-state index contributed by atoms with van der Waals surface area (Å²) in [7, 11) is 1.48. The number of nitrogens with two attached hydrogens (primary N) is 1. The van der Waals surface area contributed by atoms with E-state index in [1.807, 2.05) is 0 Å². The van der Waals surface area contributed by atoms with Crippen LogP contribution >= 0.6 is 0 Å². The summed E-state index contributed by atoms with van der Waals surface area (Å²) in [6.45, 7) is 1.08. The lowest BCUT2D eigenvalue weighted by molar-refractivity contribution is -0.201. The number of alkyl halides is 3. The number of benzene rings is 1.